The van der Waals surface area contributed by atoms with Crippen LogP contribution in [0.3, 0.4) is 0 Å². The lowest BCUT2D eigenvalue weighted by molar-refractivity contribution is -0.138. The topological polar surface area (TPSA) is 119 Å². The maximum atomic E-state index is 13.2. The Morgan fingerprint density at radius 1 is 1.23 bits per heavy atom. The Morgan fingerprint density at radius 3 is 2.46 bits per heavy atom. The van der Waals surface area contributed by atoms with Gasteiger partial charge in [-0.3, -0.25) is 9.59 Å². The highest BCUT2D eigenvalue weighted by atomic mass is 19.4. The minimum atomic E-state index is -4.89. The fraction of sp³-hybridized carbons (Fsp3) is 0.435. The third kappa shape index (κ3) is 7.48. The second kappa shape index (κ2) is 11.7. The molecule has 0 aliphatic carbocycles. The monoisotopic (exact) mass is 561 g/mol. The normalized spacial score (nSPS) is 16.3. The molecule has 2 aromatic heterocycles. The summed E-state index contributed by atoms with van der Waals surface area (Å²) < 4.78 is 83.2. The molecule has 1 unspecified atom stereocenters. The van der Waals surface area contributed by atoms with Crippen LogP contribution in [0, 0.1) is 0 Å². The summed E-state index contributed by atoms with van der Waals surface area (Å²) in [5.74, 6) is -0.0382. The first-order chi connectivity index (χ1) is 18.2. The molecule has 1 atom stereocenters. The molecular weight excluding hydrogens is 536 g/mol. The average Bonchev–Trinajstić information content (AvgIpc) is 3.31. The second-order valence-corrected chi connectivity index (χ2v) is 8.71. The number of H-pyrrole nitrogens is 1. The molecule has 39 heavy (non-hydrogen) atoms. The van der Waals surface area contributed by atoms with Crippen LogP contribution in [0.1, 0.15) is 35.5 Å². The highest BCUT2D eigenvalue weighted by molar-refractivity contribution is 5.94. The van der Waals surface area contributed by atoms with Gasteiger partial charge < -0.3 is 19.5 Å². The number of nitrogens with one attached hydrogen (secondary N) is 2. The number of guanidine groups is 1. The maximum Gasteiger partial charge on any atom is 0.423 e. The van der Waals surface area contributed by atoms with E-state index in [1.807, 2.05) is 0 Å². The predicted octanol–water partition coefficient (Wildman–Crippen LogP) is 3.71. The number of amides is 1. The standard InChI is InChI=1S/C23H25F6N7O3/c1-13(22(24,25)26)10-31-21(30-3)36-6-4-35(5-7-36)20(38)15-9-16(39-12-15)8-14(2)33-17-11-32-34-19(37)18(17)23(27,28)29/h9-12,14H,3-8H2,1-2H3,(H2,33,34,37)/b13-10+,31-21?. The molecule has 0 saturated carbocycles. The number of hydrogen-bond acceptors (Lipinski definition) is 6. The number of aromatic nitrogens is 2. The molecule has 0 spiro atoms. The van der Waals surface area contributed by atoms with E-state index in [2.05, 4.69) is 27.1 Å². The van der Waals surface area contributed by atoms with Crippen LogP contribution in [-0.2, 0) is 12.6 Å². The number of carbonyl (C=O) groups is 1. The van der Waals surface area contributed by atoms with Crippen LogP contribution in [0.5, 0.6) is 0 Å². The summed E-state index contributed by atoms with van der Waals surface area (Å²) in [7, 11) is 0. The van der Waals surface area contributed by atoms with E-state index in [0.29, 0.717) is 12.0 Å². The quantitative estimate of drug-likeness (QED) is 0.316. The van der Waals surface area contributed by atoms with Crippen molar-refractivity contribution >= 4 is 24.3 Å². The third-order valence-corrected chi connectivity index (χ3v) is 5.76. The van der Waals surface area contributed by atoms with Gasteiger partial charge in [0.2, 0.25) is 5.96 Å². The zero-order valence-electron chi connectivity index (χ0n) is 20.9. The molecule has 2 aromatic rings. The summed E-state index contributed by atoms with van der Waals surface area (Å²) in [4.78, 5) is 35.1. The molecule has 1 fully saturated rings. The molecular formula is C23H25F6N7O3. The number of aromatic amines is 1. The van der Waals surface area contributed by atoms with E-state index in [1.165, 1.54) is 17.2 Å². The summed E-state index contributed by atoms with van der Waals surface area (Å²) in [6, 6.07) is 0.850. The number of aliphatic imine (C=N–C) groups is 2. The summed E-state index contributed by atoms with van der Waals surface area (Å²) in [5, 5.41) is 7.76. The van der Waals surface area contributed by atoms with Gasteiger partial charge in [0.1, 0.15) is 17.6 Å². The lowest BCUT2D eigenvalue weighted by Gasteiger charge is -2.34. The fourth-order valence-corrected chi connectivity index (χ4v) is 3.75. The first-order valence-corrected chi connectivity index (χ1v) is 11.5. The van der Waals surface area contributed by atoms with Gasteiger partial charge in [-0.1, -0.05) is 0 Å². The number of carbonyl (C=O) groups excluding carboxylic acids is 1. The van der Waals surface area contributed by atoms with Crippen LogP contribution < -0.4 is 10.9 Å². The van der Waals surface area contributed by atoms with E-state index >= 15 is 0 Å². The van der Waals surface area contributed by atoms with Crippen molar-refractivity contribution in [2.45, 2.75) is 38.7 Å². The molecule has 0 radical (unpaired) electrons. The van der Waals surface area contributed by atoms with Crippen molar-refractivity contribution in [2.75, 3.05) is 31.5 Å². The molecule has 2 N–H and O–H groups in total. The van der Waals surface area contributed by atoms with Gasteiger partial charge in [-0.2, -0.15) is 31.4 Å². The molecule has 16 heteroatoms. The zero-order valence-corrected chi connectivity index (χ0v) is 20.9. The third-order valence-electron chi connectivity index (χ3n) is 5.76. The minimum absolute atomic E-state index is 0.00192. The van der Waals surface area contributed by atoms with Gasteiger partial charge >= 0.3 is 12.4 Å². The number of anilines is 1. The van der Waals surface area contributed by atoms with E-state index in [9.17, 15) is 35.9 Å². The summed E-state index contributed by atoms with van der Waals surface area (Å²) >= 11 is 0. The molecule has 1 aliphatic rings. The fourth-order valence-electron chi connectivity index (χ4n) is 3.75. The Balaban J connectivity index is 1.60. The Labute approximate surface area is 218 Å². The Hall–Kier alpha value is -4.11. The van der Waals surface area contributed by atoms with Crippen LogP contribution in [0.4, 0.5) is 32.0 Å². The van der Waals surface area contributed by atoms with E-state index < -0.39 is 40.8 Å². The predicted molar refractivity (Wildman–Crippen MR) is 130 cm³/mol. The maximum absolute atomic E-state index is 13.2. The van der Waals surface area contributed by atoms with Crippen molar-refractivity contribution in [1.29, 1.82) is 0 Å². The van der Waals surface area contributed by atoms with Crippen LogP contribution in [0.2, 0.25) is 0 Å². The van der Waals surface area contributed by atoms with Crippen LogP contribution >= 0.6 is 0 Å². The molecule has 1 saturated heterocycles. The molecule has 1 aliphatic heterocycles. The van der Waals surface area contributed by atoms with Crippen molar-refractivity contribution in [1.82, 2.24) is 20.0 Å². The van der Waals surface area contributed by atoms with Crippen LogP contribution in [-0.4, -0.2) is 77.0 Å². The zero-order chi connectivity index (χ0) is 29.0. The SMILES string of the molecule is C=NC(=N/C=C(\C)C(F)(F)F)N1CCN(C(=O)c2coc(CC(C)Nc3cn[nH]c(=O)c3C(F)(F)F)c2)CC1. The second-order valence-electron chi connectivity index (χ2n) is 8.71. The van der Waals surface area contributed by atoms with E-state index in [0.717, 1.165) is 13.1 Å². The van der Waals surface area contributed by atoms with E-state index in [4.69, 9.17) is 4.42 Å². The highest BCUT2D eigenvalue weighted by Crippen LogP contribution is 2.32. The molecule has 0 bridgehead atoms. The molecule has 212 valence electrons. The number of alkyl halides is 6. The molecule has 3 rings (SSSR count). The van der Waals surface area contributed by atoms with Crippen molar-refractivity contribution in [3.8, 4) is 0 Å². The van der Waals surface area contributed by atoms with Crippen molar-refractivity contribution < 1.29 is 35.6 Å². The average molecular weight is 561 g/mol. The van der Waals surface area contributed by atoms with E-state index in [1.54, 1.807) is 16.9 Å². The first-order valence-electron chi connectivity index (χ1n) is 11.5. The highest BCUT2D eigenvalue weighted by Gasteiger charge is 2.37. The largest absolute Gasteiger partial charge is 0.468 e. The van der Waals surface area contributed by atoms with Crippen LogP contribution in [0.15, 0.2) is 49.5 Å². The first kappa shape index (κ1) is 29.4. The number of furan rings is 1. The van der Waals surface area contributed by atoms with Gasteiger partial charge in [-0.25, -0.2) is 15.1 Å². The van der Waals surface area contributed by atoms with Crippen LogP contribution in [0.25, 0.3) is 0 Å². The van der Waals surface area contributed by atoms with E-state index in [-0.39, 0.29) is 50.0 Å². The van der Waals surface area contributed by atoms with Crippen molar-refractivity contribution in [3.63, 3.8) is 0 Å². The Kier molecular flexibility index (Phi) is 8.86. The number of rotatable bonds is 6. The van der Waals surface area contributed by atoms with Gasteiger partial charge in [0, 0.05) is 50.4 Å². The number of halogens is 6. The molecule has 3 heterocycles. The molecule has 1 amide bonds. The lowest BCUT2D eigenvalue weighted by Crippen LogP contribution is -2.50. The van der Waals surface area contributed by atoms with Crippen molar-refractivity contribution in [3.05, 3.63) is 57.5 Å². The van der Waals surface area contributed by atoms with Gasteiger partial charge in [0.05, 0.1) is 17.4 Å². The number of hydrogen-bond donors (Lipinski definition) is 2. The summed E-state index contributed by atoms with van der Waals surface area (Å²) in [6.07, 6.45) is -6.54. The van der Waals surface area contributed by atoms with Gasteiger partial charge in [-0.05, 0) is 26.6 Å². The molecule has 10 nitrogen and oxygen atoms in total. The Morgan fingerprint density at radius 2 is 1.87 bits per heavy atom. The van der Waals surface area contributed by atoms with Gasteiger partial charge in [0.15, 0.2) is 0 Å². The number of nitrogens with zero attached hydrogens (tertiary/aromatic N) is 5. The smallest absolute Gasteiger partial charge is 0.423 e. The lowest BCUT2D eigenvalue weighted by atomic mass is 10.1. The summed E-state index contributed by atoms with van der Waals surface area (Å²) in [6.45, 7) is 6.75. The number of allylic oxidation sites excluding steroid dienone is 1. The molecule has 0 aromatic carbocycles. The minimum Gasteiger partial charge on any atom is -0.468 e. The Bertz CT molecular complexity index is 1300. The van der Waals surface area contributed by atoms with Gasteiger partial charge in [-0.15, -0.1) is 0 Å². The van der Waals surface area contributed by atoms with Crippen molar-refractivity contribution in [2.24, 2.45) is 9.98 Å². The summed E-state index contributed by atoms with van der Waals surface area (Å²) in [5.41, 5.74) is -3.93. The number of piperazine rings is 1. The van der Waals surface area contributed by atoms with Gasteiger partial charge in [0.25, 0.3) is 11.5 Å².